The molecular formula is C16H20N2O3S. The molecule has 22 heavy (non-hydrogen) atoms. The van der Waals surface area contributed by atoms with Crippen molar-refractivity contribution in [2.75, 3.05) is 19.1 Å². The zero-order valence-electron chi connectivity index (χ0n) is 13.0. The molecule has 0 fully saturated rings. The number of hydrogen-bond acceptors (Lipinski definition) is 4. The molecule has 5 nitrogen and oxygen atoms in total. The molecule has 0 bridgehead atoms. The Morgan fingerprint density at radius 1 is 1.36 bits per heavy atom. The van der Waals surface area contributed by atoms with Gasteiger partial charge in [0, 0.05) is 29.7 Å². The summed E-state index contributed by atoms with van der Waals surface area (Å²) in [6.45, 7) is 0. The predicted molar refractivity (Wildman–Crippen MR) is 89.2 cm³/mol. The van der Waals surface area contributed by atoms with Crippen LogP contribution in [0.15, 0.2) is 30.5 Å². The van der Waals surface area contributed by atoms with Crippen LogP contribution in [0.3, 0.4) is 0 Å². The van der Waals surface area contributed by atoms with Gasteiger partial charge in [-0.15, -0.1) is 0 Å². The van der Waals surface area contributed by atoms with Crippen LogP contribution in [0.25, 0.3) is 10.9 Å². The number of aromatic nitrogens is 1. The van der Waals surface area contributed by atoms with Crippen LogP contribution in [0.1, 0.15) is 16.8 Å². The number of methoxy groups -OCH3 is 1. The lowest BCUT2D eigenvalue weighted by atomic mass is 10.1. The zero-order chi connectivity index (χ0) is 16.1. The third-order valence-corrected chi connectivity index (χ3v) is 4.22. The van der Waals surface area contributed by atoms with Crippen LogP contribution >= 0.6 is 11.8 Å². The summed E-state index contributed by atoms with van der Waals surface area (Å²) >= 11 is 1.62. The number of carbonyl (C=O) groups excluding carboxylic acids is 2. The van der Waals surface area contributed by atoms with Crippen LogP contribution in [-0.4, -0.2) is 41.6 Å². The van der Waals surface area contributed by atoms with Gasteiger partial charge in [-0.3, -0.25) is 4.79 Å². The van der Waals surface area contributed by atoms with E-state index in [0.717, 1.165) is 16.7 Å². The second-order valence-corrected chi connectivity index (χ2v) is 5.98. The van der Waals surface area contributed by atoms with Crippen molar-refractivity contribution in [2.45, 2.75) is 12.5 Å². The molecule has 0 unspecified atom stereocenters. The van der Waals surface area contributed by atoms with Crippen LogP contribution in [0, 0.1) is 0 Å². The molecule has 0 saturated heterocycles. The Kier molecular flexibility index (Phi) is 5.49. The normalized spacial score (nSPS) is 12.1. The molecule has 1 aromatic carbocycles. The third-order valence-electron chi connectivity index (χ3n) is 3.57. The second-order valence-electron chi connectivity index (χ2n) is 5.00. The minimum atomic E-state index is -0.621. The molecule has 0 aliphatic carbocycles. The maximum Gasteiger partial charge on any atom is 0.328 e. The van der Waals surface area contributed by atoms with E-state index in [-0.39, 0.29) is 5.91 Å². The van der Waals surface area contributed by atoms with Gasteiger partial charge in [-0.05, 0) is 36.6 Å². The number of carbonyl (C=O) groups is 2. The maximum absolute atomic E-state index is 12.5. The van der Waals surface area contributed by atoms with Gasteiger partial charge in [-0.1, -0.05) is 6.07 Å². The van der Waals surface area contributed by atoms with Crippen LogP contribution in [0.5, 0.6) is 0 Å². The fraction of sp³-hybridized carbons (Fsp3) is 0.375. The van der Waals surface area contributed by atoms with Crippen LogP contribution in [0.4, 0.5) is 0 Å². The van der Waals surface area contributed by atoms with E-state index in [9.17, 15) is 9.59 Å². The van der Waals surface area contributed by atoms with Crippen molar-refractivity contribution in [3.8, 4) is 0 Å². The summed E-state index contributed by atoms with van der Waals surface area (Å²) < 4.78 is 6.73. The topological polar surface area (TPSA) is 60.3 Å². The number of benzene rings is 1. The smallest absolute Gasteiger partial charge is 0.328 e. The molecule has 2 rings (SSSR count). The molecule has 0 aliphatic rings. The molecule has 1 heterocycles. The average molecular weight is 320 g/mol. The molecule has 6 heteroatoms. The van der Waals surface area contributed by atoms with E-state index < -0.39 is 12.0 Å². The fourth-order valence-corrected chi connectivity index (χ4v) is 2.83. The Morgan fingerprint density at radius 2 is 2.14 bits per heavy atom. The van der Waals surface area contributed by atoms with Gasteiger partial charge in [0.15, 0.2) is 0 Å². The van der Waals surface area contributed by atoms with Crippen LogP contribution in [-0.2, 0) is 16.6 Å². The molecule has 1 atom stereocenters. The molecular weight excluding hydrogens is 300 g/mol. The first-order valence-electron chi connectivity index (χ1n) is 7.00. The van der Waals surface area contributed by atoms with Gasteiger partial charge in [0.25, 0.3) is 5.91 Å². The minimum Gasteiger partial charge on any atom is -0.467 e. The van der Waals surface area contributed by atoms with E-state index in [1.54, 1.807) is 17.8 Å². The van der Waals surface area contributed by atoms with E-state index in [4.69, 9.17) is 4.74 Å². The number of fused-ring (bicyclic) bond motifs is 1. The largest absolute Gasteiger partial charge is 0.467 e. The summed E-state index contributed by atoms with van der Waals surface area (Å²) in [6.07, 6.45) is 4.41. The van der Waals surface area contributed by atoms with Crippen molar-refractivity contribution < 1.29 is 14.3 Å². The van der Waals surface area contributed by atoms with E-state index in [2.05, 4.69) is 5.32 Å². The van der Waals surface area contributed by atoms with Crippen LogP contribution < -0.4 is 5.32 Å². The lowest BCUT2D eigenvalue weighted by Crippen LogP contribution is -2.42. The van der Waals surface area contributed by atoms with Crippen molar-refractivity contribution in [1.82, 2.24) is 9.88 Å². The quantitative estimate of drug-likeness (QED) is 0.829. The molecule has 1 N–H and O–H groups in total. The second kappa shape index (κ2) is 7.35. The standard InChI is InChI=1S/C16H20N2O3S/c1-18-9-7-11-12(5-4-6-14(11)18)15(19)17-13(8-10-22-3)16(20)21-2/h4-7,9,13H,8,10H2,1-3H3,(H,17,19)/t13-/m0/s1. The fourth-order valence-electron chi connectivity index (χ4n) is 2.36. The summed E-state index contributed by atoms with van der Waals surface area (Å²) in [5.74, 6) is 0.103. The van der Waals surface area contributed by atoms with E-state index in [1.165, 1.54) is 7.11 Å². The molecule has 118 valence electrons. The Bertz CT molecular complexity index is 681. The molecule has 0 saturated carbocycles. The number of nitrogens with one attached hydrogen (secondary N) is 1. The minimum absolute atomic E-state index is 0.256. The Balaban J connectivity index is 2.23. The van der Waals surface area contributed by atoms with E-state index >= 15 is 0 Å². The highest BCUT2D eigenvalue weighted by atomic mass is 32.2. The van der Waals surface area contributed by atoms with Crippen molar-refractivity contribution in [1.29, 1.82) is 0 Å². The first-order valence-corrected chi connectivity index (χ1v) is 8.39. The highest BCUT2D eigenvalue weighted by Crippen LogP contribution is 2.19. The summed E-state index contributed by atoms with van der Waals surface area (Å²) in [6, 6.07) is 6.84. The number of aryl methyl sites for hydroxylation is 1. The van der Waals surface area contributed by atoms with Gasteiger partial charge >= 0.3 is 5.97 Å². The number of hydrogen-bond donors (Lipinski definition) is 1. The SMILES string of the molecule is COC(=O)[C@H](CCSC)NC(=O)c1cccc2c1ccn2C. The number of esters is 1. The molecule has 1 amide bonds. The van der Waals surface area contributed by atoms with Crippen molar-refractivity contribution >= 4 is 34.5 Å². The van der Waals surface area contributed by atoms with Crippen LogP contribution in [0.2, 0.25) is 0 Å². The Hall–Kier alpha value is -1.95. The number of rotatable bonds is 6. The first-order chi connectivity index (χ1) is 10.6. The number of nitrogens with zero attached hydrogens (tertiary/aromatic N) is 1. The van der Waals surface area contributed by atoms with Gasteiger partial charge < -0.3 is 14.6 Å². The number of amides is 1. The Labute approximate surface area is 134 Å². The number of thioether (sulfide) groups is 1. The lowest BCUT2D eigenvalue weighted by molar-refractivity contribution is -0.142. The summed E-state index contributed by atoms with van der Waals surface area (Å²) in [4.78, 5) is 24.3. The summed E-state index contributed by atoms with van der Waals surface area (Å²) in [5, 5.41) is 3.66. The monoisotopic (exact) mass is 320 g/mol. The highest BCUT2D eigenvalue weighted by Gasteiger charge is 2.22. The molecule has 0 spiro atoms. The Morgan fingerprint density at radius 3 is 2.82 bits per heavy atom. The van der Waals surface area contributed by atoms with Gasteiger partial charge in [0.05, 0.1) is 7.11 Å². The van der Waals surface area contributed by atoms with Crippen molar-refractivity contribution in [3.05, 3.63) is 36.0 Å². The molecule has 0 radical (unpaired) electrons. The van der Waals surface area contributed by atoms with E-state index in [1.807, 2.05) is 42.3 Å². The average Bonchev–Trinajstić information content (AvgIpc) is 2.92. The zero-order valence-corrected chi connectivity index (χ0v) is 13.8. The van der Waals surface area contributed by atoms with Crippen molar-refractivity contribution in [3.63, 3.8) is 0 Å². The van der Waals surface area contributed by atoms with Gasteiger partial charge in [-0.25, -0.2) is 4.79 Å². The molecule has 0 aliphatic heterocycles. The highest BCUT2D eigenvalue weighted by molar-refractivity contribution is 7.98. The number of ether oxygens (including phenoxy) is 1. The summed E-state index contributed by atoms with van der Waals surface area (Å²) in [7, 11) is 3.26. The van der Waals surface area contributed by atoms with Crippen molar-refractivity contribution in [2.24, 2.45) is 7.05 Å². The lowest BCUT2D eigenvalue weighted by Gasteiger charge is -2.16. The maximum atomic E-state index is 12.5. The molecule has 1 aromatic heterocycles. The van der Waals surface area contributed by atoms with Gasteiger partial charge in [-0.2, -0.15) is 11.8 Å². The summed E-state index contributed by atoms with van der Waals surface area (Å²) in [5.41, 5.74) is 1.54. The van der Waals surface area contributed by atoms with Gasteiger partial charge in [0.2, 0.25) is 0 Å². The first kappa shape index (κ1) is 16.4. The van der Waals surface area contributed by atoms with Gasteiger partial charge in [0.1, 0.15) is 6.04 Å². The van der Waals surface area contributed by atoms with E-state index in [0.29, 0.717) is 12.0 Å². The molecule has 2 aromatic rings. The third kappa shape index (κ3) is 3.44. The predicted octanol–water partition coefficient (Wildman–Crippen LogP) is 2.20.